The molecule has 1 N–H and O–H groups in total. The third-order valence-electron chi connectivity index (χ3n) is 4.89. The number of non-ortho nitro benzene ring substituents is 1. The van der Waals surface area contributed by atoms with Crippen molar-refractivity contribution in [2.75, 3.05) is 40.4 Å². The van der Waals surface area contributed by atoms with Crippen molar-refractivity contribution in [2.45, 2.75) is 19.3 Å². The largest absolute Gasteiger partial charge is 0.372 e. The molecule has 1 aliphatic heterocycles. The molecular weight excluding hydrogens is 408 g/mol. The summed E-state index contributed by atoms with van der Waals surface area (Å²) < 4.78 is 25.2. The van der Waals surface area contributed by atoms with Crippen LogP contribution < -0.4 is 14.5 Å². The zero-order chi connectivity index (χ0) is 21.7. The van der Waals surface area contributed by atoms with Gasteiger partial charge in [-0.1, -0.05) is 6.07 Å². The Kier molecular flexibility index (Phi) is 6.56. The van der Waals surface area contributed by atoms with E-state index in [2.05, 4.69) is 10.2 Å². The van der Waals surface area contributed by atoms with E-state index in [-0.39, 0.29) is 11.4 Å². The fraction of sp³-hybridized carbons (Fsp3) is 0.350. The van der Waals surface area contributed by atoms with Crippen LogP contribution in [-0.4, -0.2) is 45.1 Å². The highest BCUT2D eigenvalue weighted by molar-refractivity contribution is 7.92. The Labute approximate surface area is 175 Å². The number of amides is 1. The maximum atomic E-state index is 12.5. The lowest BCUT2D eigenvalue weighted by atomic mass is 10.1. The van der Waals surface area contributed by atoms with Crippen LogP contribution in [0, 0.1) is 10.1 Å². The summed E-state index contributed by atoms with van der Waals surface area (Å²) in [5.74, 6) is -0.544. The summed E-state index contributed by atoms with van der Waals surface area (Å²) >= 11 is 0. The molecule has 160 valence electrons. The molecule has 2 aromatic rings. The van der Waals surface area contributed by atoms with E-state index in [1.54, 1.807) is 12.1 Å². The first kappa shape index (κ1) is 21.6. The minimum atomic E-state index is -3.83. The number of benzene rings is 2. The van der Waals surface area contributed by atoms with Crippen molar-refractivity contribution < 1.29 is 18.1 Å². The molecule has 2 aromatic carbocycles. The summed E-state index contributed by atoms with van der Waals surface area (Å²) in [6.45, 7) is 1.53. The molecule has 1 amide bonds. The van der Waals surface area contributed by atoms with E-state index >= 15 is 0 Å². The number of rotatable bonds is 7. The Morgan fingerprint density at radius 1 is 1.13 bits per heavy atom. The van der Waals surface area contributed by atoms with Gasteiger partial charge in [0.05, 0.1) is 16.9 Å². The van der Waals surface area contributed by atoms with Crippen LogP contribution in [0.25, 0.3) is 0 Å². The van der Waals surface area contributed by atoms with Crippen LogP contribution >= 0.6 is 0 Å². The predicted molar refractivity (Wildman–Crippen MR) is 116 cm³/mol. The highest BCUT2D eigenvalue weighted by Crippen LogP contribution is 2.24. The number of nitrogens with zero attached hydrogens (tertiary/aromatic N) is 3. The molecule has 9 nitrogen and oxygen atoms in total. The van der Waals surface area contributed by atoms with Crippen LogP contribution in [0.15, 0.2) is 48.5 Å². The fourth-order valence-electron chi connectivity index (χ4n) is 3.40. The molecule has 0 saturated carbocycles. The number of sulfonamides is 1. The number of nitrogens with one attached hydrogen (secondary N) is 1. The summed E-state index contributed by atoms with van der Waals surface area (Å²) in [6, 6.07) is 12.6. The second-order valence-electron chi connectivity index (χ2n) is 7.19. The predicted octanol–water partition coefficient (Wildman–Crippen LogP) is 2.99. The fourth-order valence-corrected chi connectivity index (χ4v) is 4.25. The molecule has 3 rings (SSSR count). The summed E-state index contributed by atoms with van der Waals surface area (Å²) in [5, 5.41) is 13.7. The highest BCUT2D eigenvalue weighted by Gasteiger charge is 2.22. The first-order valence-electron chi connectivity index (χ1n) is 9.61. The number of hydrogen-bond donors (Lipinski definition) is 1. The van der Waals surface area contributed by atoms with Crippen LogP contribution in [0.4, 0.5) is 22.7 Å². The molecule has 0 bridgehead atoms. The first-order valence-corrected chi connectivity index (χ1v) is 11.5. The summed E-state index contributed by atoms with van der Waals surface area (Å²) in [5.41, 5.74) is 1.44. The SMILES string of the molecule is CS(=O)(=O)N(CC(=O)Nc1ccc(N2CCCCC2)cc1)c1cccc([N+](=O)[O-])c1. The van der Waals surface area contributed by atoms with Gasteiger partial charge in [-0.25, -0.2) is 8.42 Å². The maximum absolute atomic E-state index is 12.5. The lowest BCUT2D eigenvalue weighted by molar-refractivity contribution is -0.384. The molecular formula is C20H24N4O5S. The first-order chi connectivity index (χ1) is 14.2. The van der Waals surface area contributed by atoms with Gasteiger partial charge in [0.15, 0.2) is 0 Å². The van der Waals surface area contributed by atoms with Crippen molar-refractivity contribution in [2.24, 2.45) is 0 Å². The van der Waals surface area contributed by atoms with Crippen LogP contribution in [-0.2, 0) is 14.8 Å². The molecule has 0 aliphatic carbocycles. The van der Waals surface area contributed by atoms with Gasteiger partial charge in [-0.3, -0.25) is 19.2 Å². The molecule has 1 heterocycles. The molecule has 0 unspecified atom stereocenters. The summed E-state index contributed by atoms with van der Waals surface area (Å²) in [4.78, 5) is 25.1. The molecule has 0 aromatic heterocycles. The van der Waals surface area contributed by atoms with Crippen LogP contribution in [0.2, 0.25) is 0 Å². The average molecular weight is 433 g/mol. The smallest absolute Gasteiger partial charge is 0.271 e. The van der Waals surface area contributed by atoms with Crippen molar-refractivity contribution in [3.05, 3.63) is 58.6 Å². The minimum absolute atomic E-state index is 0.0577. The second kappa shape index (κ2) is 9.12. The van der Waals surface area contributed by atoms with Gasteiger partial charge < -0.3 is 10.2 Å². The van der Waals surface area contributed by atoms with Crippen molar-refractivity contribution in [1.82, 2.24) is 0 Å². The highest BCUT2D eigenvalue weighted by atomic mass is 32.2. The van der Waals surface area contributed by atoms with Crippen molar-refractivity contribution in [3.8, 4) is 0 Å². The van der Waals surface area contributed by atoms with Crippen molar-refractivity contribution in [1.29, 1.82) is 0 Å². The Balaban J connectivity index is 1.70. The summed E-state index contributed by atoms with van der Waals surface area (Å²) in [7, 11) is -3.83. The van der Waals surface area contributed by atoms with Crippen molar-refractivity contribution in [3.63, 3.8) is 0 Å². The lowest BCUT2D eigenvalue weighted by Gasteiger charge is -2.28. The standard InChI is InChI=1S/C20H24N4O5S/c1-30(28,29)23(18-6-5-7-19(14-18)24(26)27)15-20(25)21-16-8-10-17(11-9-16)22-12-3-2-4-13-22/h5-11,14H,2-4,12-13,15H2,1H3,(H,21,25). The van der Waals surface area contributed by atoms with Gasteiger partial charge in [-0.2, -0.15) is 0 Å². The number of anilines is 3. The zero-order valence-electron chi connectivity index (χ0n) is 16.7. The van der Waals surface area contributed by atoms with E-state index in [0.717, 1.165) is 48.2 Å². The number of carbonyl (C=O) groups is 1. The van der Waals surface area contributed by atoms with E-state index in [1.165, 1.54) is 24.6 Å². The maximum Gasteiger partial charge on any atom is 0.271 e. The van der Waals surface area contributed by atoms with Gasteiger partial charge in [0.2, 0.25) is 15.9 Å². The molecule has 0 atom stereocenters. The van der Waals surface area contributed by atoms with Crippen LogP contribution in [0.5, 0.6) is 0 Å². The van der Waals surface area contributed by atoms with Gasteiger partial charge in [0, 0.05) is 36.6 Å². The van der Waals surface area contributed by atoms with E-state index in [4.69, 9.17) is 0 Å². The van der Waals surface area contributed by atoms with Gasteiger partial charge in [0.1, 0.15) is 6.54 Å². The Morgan fingerprint density at radius 2 is 1.80 bits per heavy atom. The van der Waals surface area contributed by atoms with E-state index in [0.29, 0.717) is 5.69 Å². The average Bonchev–Trinajstić information content (AvgIpc) is 2.72. The van der Waals surface area contributed by atoms with Crippen molar-refractivity contribution >= 4 is 38.7 Å². The molecule has 1 aliphatic rings. The summed E-state index contributed by atoms with van der Waals surface area (Å²) in [6.07, 6.45) is 4.52. The third-order valence-corrected chi connectivity index (χ3v) is 6.03. The van der Waals surface area contributed by atoms with E-state index in [1.807, 2.05) is 12.1 Å². The van der Waals surface area contributed by atoms with Crippen LogP contribution in [0.3, 0.4) is 0 Å². The minimum Gasteiger partial charge on any atom is -0.372 e. The molecule has 0 spiro atoms. The number of carbonyl (C=O) groups excluding carboxylic acids is 1. The second-order valence-corrected chi connectivity index (χ2v) is 9.10. The number of piperidine rings is 1. The Morgan fingerprint density at radius 3 is 2.40 bits per heavy atom. The zero-order valence-corrected chi connectivity index (χ0v) is 17.5. The molecule has 1 fully saturated rings. The Hall–Kier alpha value is -3.14. The topological polar surface area (TPSA) is 113 Å². The van der Waals surface area contributed by atoms with Gasteiger partial charge >= 0.3 is 0 Å². The molecule has 30 heavy (non-hydrogen) atoms. The quantitative estimate of drug-likeness (QED) is 0.532. The molecule has 1 saturated heterocycles. The number of hydrogen-bond acceptors (Lipinski definition) is 6. The van der Waals surface area contributed by atoms with Gasteiger partial charge in [-0.05, 0) is 49.6 Å². The van der Waals surface area contributed by atoms with Gasteiger partial charge in [0.25, 0.3) is 5.69 Å². The normalized spacial score (nSPS) is 14.2. The lowest BCUT2D eigenvalue weighted by Crippen LogP contribution is -2.37. The third kappa shape index (κ3) is 5.47. The molecule has 10 heteroatoms. The Bertz CT molecular complexity index is 1020. The van der Waals surface area contributed by atoms with E-state index in [9.17, 15) is 23.3 Å². The van der Waals surface area contributed by atoms with Gasteiger partial charge in [-0.15, -0.1) is 0 Å². The monoisotopic (exact) mass is 432 g/mol. The van der Waals surface area contributed by atoms with Crippen LogP contribution in [0.1, 0.15) is 19.3 Å². The van der Waals surface area contributed by atoms with E-state index < -0.39 is 27.4 Å². The molecule has 0 radical (unpaired) electrons. The number of nitro groups is 1. The number of nitro benzene ring substituents is 1.